The third-order valence-corrected chi connectivity index (χ3v) is 4.00. The van der Waals surface area contributed by atoms with Gasteiger partial charge >= 0.3 is 0 Å². The number of fused-ring (bicyclic) bond motifs is 1. The minimum absolute atomic E-state index is 0.297. The normalized spacial score (nSPS) is 19.4. The van der Waals surface area contributed by atoms with Gasteiger partial charge in [-0.05, 0) is 31.4 Å². The van der Waals surface area contributed by atoms with Crippen molar-refractivity contribution in [3.63, 3.8) is 0 Å². The first-order valence-corrected chi connectivity index (χ1v) is 7.90. The molecule has 0 radical (unpaired) electrons. The number of alkyl halides is 1. The minimum Gasteiger partial charge on any atom is -0.488 e. The third kappa shape index (κ3) is 3.48. The van der Waals surface area contributed by atoms with Crippen LogP contribution in [0.3, 0.4) is 0 Å². The van der Waals surface area contributed by atoms with Crippen molar-refractivity contribution in [3.8, 4) is 5.75 Å². The summed E-state index contributed by atoms with van der Waals surface area (Å²) in [5.41, 5.74) is 2.67. The van der Waals surface area contributed by atoms with E-state index in [-0.39, 0.29) is 0 Å². The molecule has 2 nitrogen and oxygen atoms in total. The zero-order chi connectivity index (χ0) is 13.0. The molecule has 2 unspecified atom stereocenters. The summed E-state index contributed by atoms with van der Waals surface area (Å²) < 4.78 is 5.96. The molecule has 0 saturated carbocycles. The molecule has 1 aromatic carbocycles. The number of hydrogen-bond acceptors (Lipinski definition) is 2. The molecule has 0 bridgehead atoms. The summed E-state index contributed by atoms with van der Waals surface area (Å²) in [7, 11) is 0. The lowest BCUT2D eigenvalue weighted by atomic mass is 10.1. The van der Waals surface area contributed by atoms with Crippen LogP contribution < -0.4 is 10.1 Å². The van der Waals surface area contributed by atoms with E-state index in [4.69, 9.17) is 4.74 Å². The average Bonchev–Trinajstić information content (AvgIpc) is 2.76. The molecule has 0 aromatic heterocycles. The summed E-state index contributed by atoms with van der Waals surface area (Å²) in [5.74, 6) is 1.07. The molecular weight excluding hydrogens is 290 g/mol. The molecule has 100 valence electrons. The highest BCUT2D eigenvalue weighted by atomic mass is 79.9. The van der Waals surface area contributed by atoms with E-state index in [0.29, 0.717) is 12.1 Å². The van der Waals surface area contributed by atoms with Crippen LogP contribution in [0, 0.1) is 6.92 Å². The van der Waals surface area contributed by atoms with Gasteiger partial charge in [-0.3, -0.25) is 0 Å². The van der Waals surface area contributed by atoms with Gasteiger partial charge < -0.3 is 10.1 Å². The second kappa shape index (κ2) is 6.58. The fraction of sp³-hybridized carbons (Fsp3) is 0.600. The van der Waals surface area contributed by atoms with Gasteiger partial charge in [0.1, 0.15) is 11.9 Å². The fourth-order valence-electron chi connectivity index (χ4n) is 2.44. The van der Waals surface area contributed by atoms with Crippen LogP contribution >= 0.6 is 15.9 Å². The summed E-state index contributed by atoms with van der Waals surface area (Å²) in [4.78, 5) is 0. The molecule has 1 heterocycles. The van der Waals surface area contributed by atoms with Crippen LogP contribution in [0.4, 0.5) is 0 Å². The summed E-state index contributed by atoms with van der Waals surface area (Å²) >= 11 is 3.50. The van der Waals surface area contributed by atoms with Gasteiger partial charge in [0.05, 0.1) is 0 Å². The first-order chi connectivity index (χ1) is 8.72. The first kappa shape index (κ1) is 13.9. The van der Waals surface area contributed by atoms with E-state index in [9.17, 15) is 0 Å². The van der Waals surface area contributed by atoms with E-state index < -0.39 is 0 Å². The van der Waals surface area contributed by atoms with E-state index >= 15 is 0 Å². The quantitative estimate of drug-likeness (QED) is 0.812. The summed E-state index contributed by atoms with van der Waals surface area (Å²) in [6.07, 6.45) is 3.68. The van der Waals surface area contributed by atoms with Gasteiger partial charge in [-0.15, -0.1) is 0 Å². The van der Waals surface area contributed by atoms with Crippen LogP contribution in [-0.2, 0) is 6.42 Å². The van der Waals surface area contributed by atoms with Crippen molar-refractivity contribution in [2.45, 2.75) is 45.3 Å². The number of rotatable bonds is 6. The van der Waals surface area contributed by atoms with E-state index in [1.807, 2.05) is 0 Å². The van der Waals surface area contributed by atoms with Gasteiger partial charge in [0, 0.05) is 24.3 Å². The zero-order valence-electron chi connectivity index (χ0n) is 11.2. The van der Waals surface area contributed by atoms with Crippen molar-refractivity contribution in [2.75, 3.05) is 11.9 Å². The molecule has 18 heavy (non-hydrogen) atoms. The molecule has 2 rings (SSSR count). The third-order valence-electron chi connectivity index (χ3n) is 3.54. The standard InChI is InChI=1S/C15H22BrNO/c1-3-13(6-7-16)17-10-14-9-12-8-11(2)4-5-15(12)18-14/h4-5,8,13-14,17H,3,6-7,9-10H2,1-2H3. The molecule has 0 amide bonds. The molecule has 0 saturated heterocycles. The van der Waals surface area contributed by atoms with Crippen LogP contribution in [0.2, 0.25) is 0 Å². The Bertz CT molecular complexity index is 394. The molecule has 0 fully saturated rings. The maximum atomic E-state index is 5.96. The van der Waals surface area contributed by atoms with Gasteiger partial charge in [0.25, 0.3) is 0 Å². The predicted molar refractivity (Wildman–Crippen MR) is 79.8 cm³/mol. The average molecular weight is 312 g/mol. The lowest BCUT2D eigenvalue weighted by Gasteiger charge is -2.18. The van der Waals surface area contributed by atoms with Gasteiger partial charge in [-0.25, -0.2) is 0 Å². The highest BCUT2D eigenvalue weighted by molar-refractivity contribution is 9.09. The summed E-state index contributed by atoms with van der Waals surface area (Å²) in [6.45, 7) is 5.31. The minimum atomic E-state index is 0.297. The topological polar surface area (TPSA) is 21.3 Å². The molecule has 1 aliphatic heterocycles. The molecule has 1 aromatic rings. The molecule has 2 atom stereocenters. The van der Waals surface area contributed by atoms with Gasteiger partial charge in [0.15, 0.2) is 0 Å². The predicted octanol–water partition coefficient (Wildman–Crippen LogP) is 3.45. The van der Waals surface area contributed by atoms with E-state index in [1.54, 1.807) is 0 Å². The Morgan fingerprint density at radius 2 is 2.33 bits per heavy atom. The number of hydrogen-bond donors (Lipinski definition) is 1. The maximum Gasteiger partial charge on any atom is 0.123 e. The van der Waals surface area contributed by atoms with Crippen molar-refractivity contribution in [3.05, 3.63) is 29.3 Å². The Balaban J connectivity index is 1.84. The van der Waals surface area contributed by atoms with E-state index in [1.165, 1.54) is 24.0 Å². The molecular formula is C15H22BrNO. The van der Waals surface area contributed by atoms with Crippen LogP contribution in [0.5, 0.6) is 5.75 Å². The van der Waals surface area contributed by atoms with E-state index in [2.05, 4.69) is 53.3 Å². The van der Waals surface area contributed by atoms with Gasteiger partial charge in [-0.1, -0.05) is 40.5 Å². The molecule has 3 heteroatoms. The summed E-state index contributed by atoms with van der Waals surface area (Å²) in [6, 6.07) is 7.05. The molecule has 1 aliphatic rings. The maximum absolute atomic E-state index is 5.96. The number of benzene rings is 1. The highest BCUT2D eigenvalue weighted by Gasteiger charge is 2.23. The number of nitrogens with one attached hydrogen (secondary N) is 1. The lowest BCUT2D eigenvalue weighted by Crippen LogP contribution is -2.37. The SMILES string of the molecule is CCC(CCBr)NCC1Cc2cc(C)ccc2O1. The van der Waals surface area contributed by atoms with Crippen molar-refractivity contribution in [1.29, 1.82) is 0 Å². The smallest absolute Gasteiger partial charge is 0.123 e. The first-order valence-electron chi connectivity index (χ1n) is 6.78. The van der Waals surface area contributed by atoms with Crippen molar-refractivity contribution >= 4 is 15.9 Å². The Hall–Kier alpha value is -0.540. The van der Waals surface area contributed by atoms with Crippen LogP contribution in [0.1, 0.15) is 30.9 Å². The Kier molecular flexibility index (Phi) is 5.07. The zero-order valence-corrected chi connectivity index (χ0v) is 12.8. The van der Waals surface area contributed by atoms with Crippen LogP contribution in [0.15, 0.2) is 18.2 Å². The highest BCUT2D eigenvalue weighted by Crippen LogP contribution is 2.29. The Morgan fingerprint density at radius 3 is 3.06 bits per heavy atom. The molecule has 0 aliphatic carbocycles. The molecule has 0 spiro atoms. The number of halogens is 1. The molecule has 1 N–H and O–H groups in total. The van der Waals surface area contributed by atoms with Crippen molar-refractivity contribution < 1.29 is 4.74 Å². The van der Waals surface area contributed by atoms with Crippen LogP contribution in [0.25, 0.3) is 0 Å². The fourth-order valence-corrected chi connectivity index (χ4v) is 3.00. The lowest BCUT2D eigenvalue weighted by molar-refractivity contribution is 0.220. The Labute approximate surface area is 118 Å². The van der Waals surface area contributed by atoms with Crippen LogP contribution in [-0.4, -0.2) is 24.0 Å². The van der Waals surface area contributed by atoms with Gasteiger partial charge in [0.2, 0.25) is 0 Å². The van der Waals surface area contributed by atoms with Crippen molar-refractivity contribution in [2.24, 2.45) is 0 Å². The van der Waals surface area contributed by atoms with Crippen molar-refractivity contribution in [1.82, 2.24) is 5.32 Å². The Morgan fingerprint density at radius 1 is 1.50 bits per heavy atom. The number of ether oxygens (including phenoxy) is 1. The largest absolute Gasteiger partial charge is 0.488 e. The van der Waals surface area contributed by atoms with Gasteiger partial charge in [-0.2, -0.15) is 0 Å². The monoisotopic (exact) mass is 311 g/mol. The number of aryl methyl sites for hydroxylation is 1. The van der Waals surface area contributed by atoms with E-state index in [0.717, 1.165) is 24.0 Å². The second-order valence-corrected chi connectivity index (χ2v) is 5.84. The summed E-state index contributed by atoms with van der Waals surface area (Å²) in [5, 5.41) is 4.67. The second-order valence-electron chi connectivity index (χ2n) is 5.05.